The predicted octanol–water partition coefficient (Wildman–Crippen LogP) is 5.24. The fraction of sp³-hybridized carbons (Fsp3) is 0.0556. The van der Waals surface area contributed by atoms with Gasteiger partial charge < -0.3 is 0 Å². The molecule has 25 heavy (non-hydrogen) atoms. The second-order valence-corrected chi connectivity index (χ2v) is 6.42. The van der Waals surface area contributed by atoms with Gasteiger partial charge in [-0.2, -0.15) is 5.10 Å². The van der Waals surface area contributed by atoms with Crippen molar-refractivity contribution < 1.29 is 4.39 Å². The highest BCUT2D eigenvalue weighted by atomic mass is 35.5. The molecule has 0 fully saturated rings. The molecule has 4 nitrogen and oxygen atoms in total. The van der Waals surface area contributed by atoms with Crippen LogP contribution in [-0.2, 0) is 0 Å². The minimum Gasteiger partial charge on any atom is -0.255 e. The number of aryl methyl sites for hydroxylation is 1. The van der Waals surface area contributed by atoms with Gasteiger partial charge in [-0.3, -0.25) is 9.97 Å². The van der Waals surface area contributed by atoms with Crippen LogP contribution in [0.2, 0.25) is 10.0 Å². The lowest BCUT2D eigenvalue weighted by molar-refractivity contribution is 0.627. The number of benzene rings is 1. The fourth-order valence-electron chi connectivity index (χ4n) is 2.68. The highest BCUT2D eigenvalue weighted by molar-refractivity contribution is 6.37. The van der Waals surface area contributed by atoms with E-state index in [0.717, 1.165) is 16.6 Å². The Balaban J connectivity index is 1.94. The molecule has 124 valence electrons. The highest BCUT2D eigenvalue weighted by Crippen LogP contribution is 2.32. The molecule has 7 heteroatoms. The molecular weight excluding hydrogens is 362 g/mol. The van der Waals surface area contributed by atoms with Gasteiger partial charge in [0.15, 0.2) is 0 Å². The van der Waals surface area contributed by atoms with Gasteiger partial charge >= 0.3 is 0 Å². The molecule has 1 aromatic carbocycles. The monoisotopic (exact) mass is 372 g/mol. The highest BCUT2D eigenvalue weighted by Gasteiger charge is 2.15. The number of aromatic nitrogens is 4. The van der Waals surface area contributed by atoms with Crippen molar-refractivity contribution in [3.63, 3.8) is 0 Å². The van der Waals surface area contributed by atoms with Gasteiger partial charge in [0.25, 0.3) is 0 Å². The van der Waals surface area contributed by atoms with E-state index in [1.54, 1.807) is 24.7 Å². The average molecular weight is 373 g/mol. The molecule has 0 aliphatic rings. The molecule has 0 amide bonds. The Morgan fingerprint density at radius 1 is 1.00 bits per heavy atom. The first kappa shape index (κ1) is 16.0. The standard InChI is InChI=1S/C18H11Cl2FN4/c1-10-2-4-22-16(6-10)17-12-9-25(24-15(12)3-5-23-17)18-13(19)7-11(21)8-14(18)20/h2-9H,1H3. The van der Waals surface area contributed by atoms with Crippen LogP contribution < -0.4 is 0 Å². The lowest BCUT2D eigenvalue weighted by atomic mass is 10.1. The molecule has 0 aliphatic heterocycles. The van der Waals surface area contributed by atoms with Crippen molar-refractivity contribution in [1.82, 2.24) is 19.7 Å². The smallest absolute Gasteiger partial charge is 0.126 e. The van der Waals surface area contributed by atoms with Crippen molar-refractivity contribution in [1.29, 1.82) is 0 Å². The van der Waals surface area contributed by atoms with Crippen molar-refractivity contribution in [3.05, 3.63) is 70.3 Å². The number of hydrogen-bond donors (Lipinski definition) is 0. The van der Waals surface area contributed by atoms with E-state index in [1.807, 2.05) is 19.1 Å². The number of pyridine rings is 2. The molecule has 0 unspecified atom stereocenters. The summed E-state index contributed by atoms with van der Waals surface area (Å²) in [5, 5.41) is 5.67. The zero-order valence-corrected chi connectivity index (χ0v) is 14.6. The van der Waals surface area contributed by atoms with Gasteiger partial charge in [0.05, 0.1) is 26.9 Å². The van der Waals surface area contributed by atoms with Gasteiger partial charge in [0, 0.05) is 24.0 Å². The third kappa shape index (κ3) is 2.86. The molecule has 4 rings (SSSR count). The molecule has 0 spiro atoms. The van der Waals surface area contributed by atoms with Gasteiger partial charge in [0.2, 0.25) is 0 Å². The maximum absolute atomic E-state index is 13.4. The molecule has 0 saturated carbocycles. The largest absolute Gasteiger partial charge is 0.255 e. The van der Waals surface area contributed by atoms with Crippen LogP contribution in [0.5, 0.6) is 0 Å². The molecule has 0 saturated heterocycles. The zero-order chi connectivity index (χ0) is 17.6. The van der Waals surface area contributed by atoms with Crippen LogP contribution in [0.1, 0.15) is 5.56 Å². The SMILES string of the molecule is Cc1ccnc(-c2nccc3nn(-c4c(Cl)cc(F)cc4Cl)cc23)c1. The summed E-state index contributed by atoms with van der Waals surface area (Å²) in [5.74, 6) is -0.498. The maximum Gasteiger partial charge on any atom is 0.126 e. The molecule has 3 aromatic heterocycles. The molecule has 0 atom stereocenters. The summed E-state index contributed by atoms with van der Waals surface area (Å²) in [7, 11) is 0. The van der Waals surface area contributed by atoms with Gasteiger partial charge in [-0.15, -0.1) is 0 Å². The summed E-state index contributed by atoms with van der Waals surface area (Å²) in [6.45, 7) is 1.99. The summed E-state index contributed by atoms with van der Waals surface area (Å²) in [6.07, 6.45) is 5.18. The van der Waals surface area contributed by atoms with Crippen molar-refractivity contribution in [2.75, 3.05) is 0 Å². The number of rotatable bonds is 2. The average Bonchev–Trinajstić information content (AvgIpc) is 2.97. The number of hydrogen-bond acceptors (Lipinski definition) is 3. The Bertz CT molecular complexity index is 1080. The van der Waals surface area contributed by atoms with E-state index in [-0.39, 0.29) is 10.0 Å². The van der Waals surface area contributed by atoms with Crippen LogP contribution in [0.4, 0.5) is 4.39 Å². The molecular formula is C18H11Cl2FN4. The maximum atomic E-state index is 13.4. The Labute approximate surface area is 152 Å². The summed E-state index contributed by atoms with van der Waals surface area (Å²) in [6, 6.07) is 8.07. The summed E-state index contributed by atoms with van der Waals surface area (Å²) in [5.41, 5.74) is 3.68. The fourth-order valence-corrected chi connectivity index (χ4v) is 3.32. The summed E-state index contributed by atoms with van der Waals surface area (Å²) >= 11 is 12.3. The van der Waals surface area contributed by atoms with E-state index in [4.69, 9.17) is 23.2 Å². The van der Waals surface area contributed by atoms with E-state index in [0.29, 0.717) is 16.9 Å². The van der Waals surface area contributed by atoms with Gasteiger partial charge in [-0.25, -0.2) is 9.07 Å². The van der Waals surface area contributed by atoms with Crippen LogP contribution in [0.15, 0.2) is 48.9 Å². The molecule has 3 heterocycles. The second-order valence-electron chi connectivity index (χ2n) is 5.60. The molecule has 0 bridgehead atoms. The van der Waals surface area contributed by atoms with Crippen LogP contribution >= 0.6 is 23.2 Å². The number of fused-ring (bicyclic) bond motifs is 1. The zero-order valence-electron chi connectivity index (χ0n) is 13.0. The minimum atomic E-state index is -0.498. The first-order chi connectivity index (χ1) is 12.0. The van der Waals surface area contributed by atoms with Crippen LogP contribution in [-0.4, -0.2) is 19.7 Å². The first-order valence-corrected chi connectivity index (χ1v) is 8.21. The number of nitrogens with zero attached hydrogens (tertiary/aromatic N) is 4. The van der Waals surface area contributed by atoms with Crippen LogP contribution in [0, 0.1) is 12.7 Å². The van der Waals surface area contributed by atoms with E-state index < -0.39 is 5.82 Å². The van der Waals surface area contributed by atoms with Gasteiger partial charge in [0.1, 0.15) is 11.5 Å². The lowest BCUT2D eigenvalue weighted by Crippen LogP contribution is -1.97. The third-order valence-corrected chi connectivity index (χ3v) is 4.38. The van der Waals surface area contributed by atoms with E-state index >= 15 is 0 Å². The quantitative estimate of drug-likeness (QED) is 0.483. The van der Waals surface area contributed by atoms with Gasteiger partial charge in [-0.05, 0) is 42.8 Å². The van der Waals surface area contributed by atoms with Crippen molar-refractivity contribution in [2.45, 2.75) is 6.92 Å². The summed E-state index contributed by atoms with van der Waals surface area (Å²) < 4.78 is 15.0. The minimum absolute atomic E-state index is 0.181. The molecule has 0 N–H and O–H groups in total. The van der Waals surface area contributed by atoms with Crippen molar-refractivity contribution >= 4 is 34.1 Å². The third-order valence-electron chi connectivity index (χ3n) is 3.80. The van der Waals surface area contributed by atoms with E-state index in [9.17, 15) is 4.39 Å². The molecule has 0 radical (unpaired) electrons. The van der Waals surface area contributed by atoms with Crippen molar-refractivity contribution in [3.8, 4) is 17.1 Å². The van der Waals surface area contributed by atoms with E-state index in [1.165, 1.54) is 16.8 Å². The Morgan fingerprint density at radius 3 is 2.44 bits per heavy atom. The number of halogens is 3. The van der Waals surface area contributed by atoms with Gasteiger partial charge in [-0.1, -0.05) is 23.2 Å². The lowest BCUT2D eigenvalue weighted by Gasteiger charge is -2.06. The normalized spacial score (nSPS) is 11.2. The van der Waals surface area contributed by atoms with Crippen LogP contribution in [0.3, 0.4) is 0 Å². The second kappa shape index (κ2) is 6.10. The summed E-state index contributed by atoms with van der Waals surface area (Å²) in [4.78, 5) is 8.83. The Morgan fingerprint density at radius 2 is 1.72 bits per heavy atom. The first-order valence-electron chi connectivity index (χ1n) is 7.45. The molecule has 4 aromatic rings. The van der Waals surface area contributed by atoms with Crippen LogP contribution in [0.25, 0.3) is 28.0 Å². The topological polar surface area (TPSA) is 43.6 Å². The van der Waals surface area contributed by atoms with Crippen molar-refractivity contribution in [2.24, 2.45) is 0 Å². The van der Waals surface area contributed by atoms with E-state index in [2.05, 4.69) is 15.1 Å². The Hall–Kier alpha value is -2.50. The predicted molar refractivity (Wildman–Crippen MR) is 96.8 cm³/mol. The Kier molecular flexibility index (Phi) is 3.90. The molecule has 0 aliphatic carbocycles.